The fourth-order valence-corrected chi connectivity index (χ4v) is 2.65. The van der Waals surface area contributed by atoms with Crippen molar-refractivity contribution < 1.29 is 32.6 Å². The topological polar surface area (TPSA) is 99.7 Å². The van der Waals surface area contributed by atoms with Crippen molar-refractivity contribution in [2.45, 2.75) is 12.8 Å². The van der Waals surface area contributed by atoms with E-state index in [0.717, 1.165) is 18.2 Å². The molecule has 0 radical (unpaired) electrons. The molecule has 2 aromatic rings. The highest BCUT2D eigenvalue weighted by Gasteiger charge is 2.31. The van der Waals surface area contributed by atoms with Gasteiger partial charge < -0.3 is 25.8 Å². The smallest absolute Gasteiger partial charge is 0.406 e. The van der Waals surface area contributed by atoms with Crippen LogP contribution in [0.15, 0.2) is 46.9 Å². The van der Waals surface area contributed by atoms with Gasteiger partial charge in [-0.3, -0.25) is 4.79 Å². The van der Waals surface area contributed by atoms with Gasteiger partial charge >= 0.3 is 12.4 Å². The molecule has 0 atom stereocenters. The molecule has 2 rings (SSSR count). The van der Waals surface area contributed by atoms with Crippen LogP contribution >= 0.6 is 15.9 Å². The van der Waals surface area contributed by atoms with Crippen molar-refractivity contribution in [3.63, 3.8) is 0 Å². The van der Waals surface area contributed by atoms with E-state index in [1.54, 1.807) is 24.3 Å². The van der Waals surface area contributed by atoms with E-state index in [1.807, 2.05) is 0 Å². The number of amides is 3. The summed E-state index contributed by atoms with van der Waals surface area (Å²) in [6, 6.07) is 8.84. The van der Waals surface area contributed by atoms with E-state index in [0.29, 0.717) is 16.6 Å². The number of hydrogen-bond acceptors (Lipinski definition) is 4. The molecule has 0 aliphatic carbocycles. The van der Waals surface area contributed by atoms with Crippen molar-refractivity contribution in [3.05, 3.63) is 52.5 Å². The van der Waals surface area contributed by atoms with Crippen LogP contribution in [0.3, 0.4) is 0 Å². The minimum atomic E-state index is -4.93. The Hall–Kier alpha value is -2.79. The third-order valence-corrected chi connectivity index (χ3v) is 3.91. The summed E-state index contributed by atoms with van der Waals surface area (Å²) in [6.07, 6.45) is -4.63. The van der Waals surface area contributed by atoms with E-state index in [4.69, 9.17) is 5.11 Å². The average Bonchev–Trinajstić information content (AvgIpc) is 2.60. The van der Waals surface area contributed by atoms with E-state index in [2.05, 4.69) is 36.6 Å². The number of alkyl halides is 3. The molecule has 0 heterocycles. The van der Waals surface area contributed by atoms with Crippen LogP contribution in [-0.4, -0.2) is 36.6 Å². The third kappa shape index (κ3) is 7.62. The normalized spacial score (nSPS) is 10.9. The molecule has 0 aliphatic rings. The lowest BCUT2D eigenvalue weighted by Gasteiger charge is -2.15. The zero-order valence-electron chi connectivity index (χ0n) is 14.8. The zero-order valence-corrected chi connectivity index (χ0v) is 16.4. The molecule has 29 heavy (non-hydrogen) atoms. The Morgan fingerprint density at radius 2 is 1.86 bits per heavy atom. The van der Waals surface area contributed by atoms with Crippen LogP contribution in [0.4, 0.5) is 29.3 Å². The molecule has 0 saturated carbocycles. The Balaban J connectivity index is 2.22. The van der Waals surface area contributed by atoms with Gasteiger partial charge in [0.2, 0.25) is 0 Å². The molecule has 0 aromatic heterocycles. The van der Waals surface area contributed by atoms with Crippen molar-refractivity contribution >= 4 is 39.2 Å². The number of aliphatic hydroxyl groups is 1. The van der Waals surface area contributed by atoms with Crippen LogP contribution in [0.1, 0.15) is 16.8 Å². The van der Waals surface area contributed by atoms with Crippen LogP contribution in [0.5, 0.6) is 5.75 Å². The van der Waals surface area contributed by atoms with Gasteiger partial charge in [-0.05, 0) is 36.8 Å². The molecule has 156 valence electrons. The highest BCUT2D eigenvalue weighted by molar-refractivity contribution is 9.10. The van der Waals surface area contributed by atoms with Gasteiger partial charge in [0, 0.05) is 29.4 Å². The summed E-state index contributed by atoms with van der Waals surface area (Å²) in [6.45, 7) is 0.0125. The minimum Gasteiger partial charge on any atom is -0.406 e. The van der Waals surface area contributed by atoms with E-state index >= 15 is 0 Å². The number of anilines is 2. The molecular weight excluding hydrogens is 459 g/mol. The van der Waals surface area contributed by atoms with Crippen LogP contribution in [0.25, 0.3) is 0 Å². The van der Waals surface area contributed by atoms with Gasteiger partial charge in [-0.1, -0.05) is 22.0 Å². The molecule has 3 amide bonds. The van der Waals surface area contributed by atoms with Crippen molar-refractivity contribution in [2.24, 2.45) is 0 Å². The lowest BCUT2D eigenvalue weighted by atomic mass is 10.1. The van der Waals surface area contributed by atoms with Crippen LogP contribution in [-0.2, 0) is 0 Å². The van der Waals surface area contributed by atoms with E-state index in [9.17, 15) is 22.8 Å². The number of benzene rings is 2. The van der Waals surface area contributed by atoms with Crippen LogP contribution < -0.4 is 20.7 Å². The highest BCUT2D eigenvalue weighted by atomic mass is 79.9. The Kier molecular flexibility index (Phi) is 7.85. The predicted octanol–water partition coefficient (Wildman–Crippen LogP) is 4.10. The number of hydrogen-bond donors (Lipinski definition) is 4. The number of carbonyl (C=O) groups is 2. The largest absolute Gasteiger partial charge is 0.573 e. The number of carbonyl (C=O) groups excluding carboxylic acids is 2. The standard InChI is InChI=1S/C18H17BrF3N3O4/c19-11-3-1-4-12(9-11)24-17(28)25-15-10-13(29-18(20,21)22)5-6-14(15)16(27)23-7-2-8-26/h1,3-6,9-10,26H,2,7-8H2,(H,23,27)(H2,24,25,28). The van der Waals surface area contributed by atoms with Gasteiger partial charge in [-0.2, -0.15) is 0 Å². The number of urea groups is 1. The molecule has 7 nitrogen and oxygen atoms in total. The van der Waals surface area contributed by atoms with Gasteiger partial charge in [0.1, 0.15) is 5.75 Å². The summed E-state index contributed by atoms with van der Waals surface area (Å²) < 4.78 is 42.0. The fraction of sp³-hybridized carbons (Fsp3) is 0.222. The second kappa shape index (κ2) is 10.1. The molecule has 0 unspecified atom stereocenters. The number of aliphatic hydroxyl groups excluding tert-OH is 1. The minimum absolute atomic E-state index is 0.0677. The second-order valence-corrected chi connectivity index (χ2v) is 6.59. The zero-order chi connectivity index (χ0) is 21.4. The van der Waals surface area contributed by atoms with Gasteiger partial charge in [0.25, 0.3) is 5.91 Å². The first-order valence-electron chi connectivity index (χ1n) is 8.30. The number of ether oxygens (including phenoxy) is 1. The van der Waals surface area contributed by atoms with Gasteiger partial charge in [-0.15, -0.1) is 13.2 Å². The Bertz CT molecular complexity index is 878. The molecule has 11 heteroatoms. The van der Waals surface area contributed by atoms with Crippen LogP contribution in [0, 0.1) is 0 Å². The molecular formula is C18H17BrF3N3O4. The first-order valence-corrected chi connectivity index (χ1v) is 9.09. The van der Waals surface area contributed by atoms with Gasteiger partial charge in [-0.25, -0.2) is 4.79 Å². The van der Waals surface area contributed by atoms with Crippen molar-refractivity contribution in [2.75, 3.05) is 23.8 Å². The number of nitrogens with one attached hydrogen (secondary N) is 3. The molecule has 0 saturated heterocycles. The lowest BCUT2D eigenvalue weighted by molar-refractivity contribution is -0.274. The molecule has 4 N–H and O–H groups in total. The summed E-state index contributed by atoms with van der Waals surface area (Å²) in [7, 11) is 0. The molecule has 2 aromatic carbocycles. The Morgan fingerprint density at radius 3 is 2.52 bits per heavy atom. The lowest BCUT2D eigenvalue weighted by Crippen LogP contribution is -2.28. The van der Waals surface area contributed by atoms with Gasteiger partial charge in [0.15, 0.2) is 0 Å². The summed E-state index contributed by atoms with van der Waals surface area (Å²) in [4.78, 5) is 24.5. The summed E-state index contributed by atoms with van der Waals surface area (Å²) in [5.74, 6) is -1.23. The number of halogens is 4. The summed E-state index contributed by atoms with van der Waals surface area (Å²) in [5, 5.41) is 16.1. The van der Waals surface area contributed by atoms with Crippen molar-refractivity contribution in [1.29, 1.82) is 0 Å². The quantitative estimate of drug-likeness (QED) is 0.453. The van der Waals surface area contributed by atoms with Crippen molar-refractivity contribution in [1.82, 2.24) is 5.32 Å². The number of rotatable bonds is 7. The maximum Gasteiger partial charge on any atom is 0.573 e. The Labute approximate surface area is 172 Å². The highest BCUT2D eigenvalue weighted by Crippen LogP contribution is 2.28. The molecule has 0 spiro atoms. The van der Waals surface area contributed by atoms with E-state index in [1.165, 1.54) is 0 Å². The third-order valence-electron chi connectivity index (χ3n) is 3.42. The first kappa shape index (κ1) is 22.5. The first-order chi connectivity index (χ1) is 13.7. The molecule has 0 aliphatic heterocycles. The predicted molar refractivity (Wildman–Crippen MR) is 104 cm³/mol. The van der Waals surface area contributed by atoms with Crippen LogP contribution in [0.2, 0.25) is 0 Å². The molecule has 0 bridgehead atoms. The van der Waals surface area contributed by atoms with Crippen molar-refractivity contribution in [3.8, 4) is 5.75 Å². The van der Waals surface area contributed by atoms with Gasteiger partial charge in [0.05, 0.1) is 11.3 Å². The molecule has 0 fully saturated rings. The maximum absolute atomic E-state index is 12.5. The Morgan fingerprint density at radius 1 is 1.10 bits per heavy atom. The summed E-state index contributed by atoms with van der Waals surface area (Å²) in [5.41, 5.74) is 0.177. The monoisotopic (exact) mass is 475 g/mol. The van der Waals surface area contributed by atoms with E-state index < -0.39 is 24.1 Å². The second-order valence-electron chi connectivity index (χ2n) is 5.68. The average molecular weight is 476 g/mol. The SMILES string of the molecule is O=C(Nc1cccc(Br)c1)Nc1cc(OC(F)(F)F)ccc1C(=O)NCCCO. The fourth-order valence-electron chi connectivity index (χ4n) is 2.25. The maximum atomic E-state index is 12.5. The summed E-state index contributed by atoms with van der Waals surface area (Å²) >= 11 is 3.25. The van der Waals surface area contributed by atoms with E-state index in [-0.39, 0.29) is 24.4 Å².